The summed E-state index contributed by atoms with van der Waals surface area (Å²) in [7, 11) is 2.94. The second kappa shape index (κ2) is 7.22. The van der Waals surface area contributed by atoms with Crippen molar-refractivity contribution in [2.75, 3.05) is 33.0 Å². The van der Waals surface area contributed by atoms with E-state index in [-0.39, 0.29) is 23.7 Å². The molecule has 0 aliphatic rings. The number of amides is 2. The van der Waals surface area contributed by atoms with E-state index in [1.54, 1.807) is 6.92 Å². The van der Waals surface area contributed by atoms with Gasteiger partial charge in [0.25, 0.3) is 5.91 Å². The second-order valence-electron chi connectivity index (χ2n) is 3.93. The number of anilines is 1. The zero-order valence-corrected chi connectivity index (χ0v) is 11.8. The van der Waals surface area contributed by atoms with Crippen LogP contribution in [-0.2, 0) is 4.79 Å². The number of methoxy groups -OCH3 is 2. The van der Waals surface area contributed by atoms with Crippen molar-refractivity contribution < 1.29 is 19.1 Å². The van der Waals surface area contributed by atoms with Crippen LogP contribution in [0.3, 0.4) is 0 Å². The van der Waals surface area contributed by atoms with Crippen molar-refractivity contribution in [3.8, 4) is 11.5 Å². The molecule has 110 valence electrons. The van der Waals surface area contributed by atoms with E-state index in [1.165, 1.54) is 26.4 Å². The minimum absolute atomic E-state index is 0.111. The number of hydrogen-bond acceptors (Lipinski definition) is 5. The number of ether oxygens (including phenoxy) is 2. The number of carbonyl (C=O) groups excluding carboxylic acids is 2. The smallest absolute Gasteiger partial charge is 0.253 e. The van der Waals surface area contributed by atoms with Gasteiger partial charge in [0.05, 0.1) is 26.3 Å². The molecule has 0 aromatic heterocycles. The fraction of sp³-hybridized carbons (Fsp3) is 0.385. The molecule has 1 rings (SSSR count). The Balaban J connectivity index is 2.85. The first-order chi connectivity index (χ1) is 9.53. The number of benzene rings is 1. The van der Waals surface area contributed by atoms with Gasteiger partial charge in [0, 0.05) is 18.3 Å². The maximum absolute atomic E-state index is 12.0. The van der Waals surface area contributed by atoms with E-state index >= 15 is 0 Å². The zero-order valence-electron chi connectivity index (χ0n) is 11.8. The van der Waals surface area contributed by atoms with Gasteiger partial charge in [-0.1, -0.05) is 0 Å². The van der Waals surface area contributed by atoms with Crippen LogP contribution >= 0.6 is 0 Å². The van der Waals surface area contributed by atoms with Gasteiger partial charge in [-0.15, -0.1) is 0 Å². The normalized spacial score (nSPS) is 9.75. The third-order valence-electron chi connectivity index (χ3n) is 2.58. The Morgan fingerprint density at radius 2 is 1.75 bits per heavy atom. The Hall–Kier alpha value is -2.44. The van der Waals surface area contributed by atoms with Gasteiger partial charge in [0.1, 0.15) is 0 Å². The van der Waals surface area contributed by atoms with Gasteiger partial charge in [-0.25, -0.2) is 0 Å². The van der Waals surface area contributed by atoms with Crippen molar-refractivity contribution in [2.24, 2.45) is 0 Å². The maximum atomic E-state index is 12.0. The van der Waals surface area contributed by atoms with Crippen LogP contribution in [0.2, 0.25) is 0 Å². The van der Waals surface area contributed by atoms with Gasteiger partial charge in [-0.2, -0.15) is 0 Å². The summed E-state index contributed by atoms with van der Waals surface area (Å²) in [6, 6.07) is 2.97. The molecule has 0 fully saturated rings. The number of rotatable bonds is 6. The van der Waals surface area contributed by atoms with Gasteiger partial charge < -0.3 is 25.8 Å². The molecule has 20 heavy (non-hydrogen) atoms. The van der Waals surface area contributed by atoms with Crippen LogP contribution in [0, 0.1) is 0 Å². The monoisotopic (exact) mass is 281 g/mol. The van der Waals surface area contributed by atoms with Gasteiger partial charge in [0.2, 0.25) is 5.91 Å². The minimum Gasteiger partial charge on any atom is -0.493 e. The Morgan fingerprint density at radius 3 is 2.30 bits per heavy atom. The topological polar surface area (TPSA) is 103 Å². The van der Waals surface area contributed by atoms with Crippen molar-refractivity contribution in [3.05, 3.63) is 17.7 Å². The Morgan fingerprint density at radius 1 is 1.15 bits per heavy atom. The molecule has 7 heteroatoms. The van der Waals surface area contributed by atoms with Crippen LogP contribution in [0.4, 0.5) is 5.69 Å². The highest BCUT2D eigenvalue weighted by molar-refractivity contribution is 6.01. The third kappa shape index (κ3) is 3.78. The fourth-order valence-corrected chi connectivity index (χ4v) is 1.61. The Labute approximate surface area is 117 Å². The predicted molar refractivity (Wildman–Crippen MR) is 75.0 cm³/mol. The molecule has 4 N–H and O–H groups in total. The number of likely N-dealkylation sites (N-methyl/N-ethyl adjacent to an activating group) is 1. The first-order valence-electron chi connectivity index (χ1n) is 6.09. The number of nitrogen functional groups attached to an aromatic ring is 1. The average Bonchev–Trinajstić information content (AvgIpc) is 2.44. The lowest BCUT2D eigenvalue weighted by Gasteiger charge is -2.12. The van der Waals surface area contributed by atoms with E-state index in [4.69, 9.17) is 15.2 Å². The Bertz CT molecular complexity index is 503. The summed E-state index contributed by atoms with van der Waals surface area (Å²) in [5.74, 6) is 0.115. The summed E-state index contributed by atoms with van der Waals surface area (Å²) in [6.45, 7) is 2.19. The molecular formula is C13H19N3O4. The minimum atomic E-state index is -0.449. The highest BCUT2D eigenvalue weighted by atomic mass is 16.5. The lowest BCUT2D eigenvalue weighted by molar-refractivity contribution is -0.120. The van der Waals surface area contributed by atoms with Crippen LogP contribution in [-0.4, -0.2) is 39.1 Å². The number of nitrogens with two attached hydrogens (primary N) is 1. The largest absolute Gasteiger partial charge is 0.493 e. The molecule has 0 saturated carbocycles. The molecular weight excluding hydrogens is 262 g/mol. The summed E-state index contributed by atoms with van der Waals surface area (Å²) in [5, 5.41) is 5.06. The highest BCUT2D eigenvalue weighted by Crippen LogP contribution is 2.31. The van der Waals surface area contributed by atoms with Crippen molar-refractivity contribution in [2.45, 2.75) is 6.92 Å². The van der Waals surface area contributed by atoms with Crippen LogP contribution < -0.4 is 25.8 Å². The quantitative estimate of drug-likeness (QED) is 0.644. The fourth-order valence-electron chi connectivity index (χ4n) is 1.61. The first-order valence-corrected chi connectivity index (χ1v) is 6.09. The van der Waals surface area contributed by atoms with Gasteiger partial charge >= 0.3 is 0 Å². The molecule has 1 aromatic rings. The summed E-state index contributed by atoms with van der Waals surface area (Å²) in [5.41, 5.74) is 6.26. The Kier molecular flexibility index (Phi) is 5.64. The van der Waals surface area contributed by atoms with Crippen LogP contribution in [0.1, 0.15) is 17.3 Å². The molecule has 0 aliphatic heterocycles. The highest BCUT2D eigenvalue weighted by Gasteiger charge is 2.15. The summed E-state index contributed by atoms with van der Waals surface area (Å²) < 4.78 is 10.2. The van der Waals surface area contributed by atoms with Crippen LogP contribution in [0.25, 0.3) is 0 Å². The number of nitrogens with one attached hydrogen (secondary N) is 2. The van der Waals surface area contributed by atoms with Crippen LogP contribution in [0.5, 0.6) is 11.5 Å². The summed E-state index contributed by atoms with van der Waals surface area (Å²) in [6.07, 6.45) is 0. The average molecular weight is 281 g/mol. The van der Waals surface area contributed by atoms with Crippen molar-refractivity contribution in [1.82, 2.24) is 10.6 Å². The number of carbonyl (C=O) groups is 2. The second-order valence-corrected chi connectivity index (χ2v) is 3.93. The molecule has 0 aliphatic carbocycles. The third-order valence-corrected chi connectivity index (χ3v) is 2.58. The summed E-state index contributed by atoms with van der Waals surface area (Å²) >= 11 is 0. The maximum Gasteiger partial charge on any atom is 0.253 e. The summed E-state index contributed by atoms with van der Waals surface area (Å²) in [4.78, 5) is 23.3. The van der Waals surface area contributed by atoms with E-state index in [2.05, 4.69) is 10.6 Å². The standard InChI is InChI=1S/C13H19N3O4/c1-4-15-12(17)7-16-13(18)8-5-10(19-2)11(20-3)6-9(8)14/h5-6H,4,7,14H2,1-3H3,(H,15,17)(H,16,18). The van der Waals surface area contributed by atoms with Gasteiger partial charge in [-0.05, 0) is 13.0 Å². The van der Waals surface area contributed by atoms with E-state index in [9.17, 15) is 9.59 Å². The predicted octanol–water partition coefficient (Wildman–Crippen LogP) is 0.152. The molecule has 0 bridgehead atoms. The van der Waals surface area contributed by atoms with Crippen molar-refractivity contribution in [1.29, 1.82) is 0 Å². The molecule has 0 atom stereocenters. The SMILES string of the molecule is CCNC(=O)CNC(=O)c1cc(OC)c(OC)cc1N. The zero-order chi connectivity index (χ0) is 15.1. The van der Waals surface area contributed by atoms with Gasteiger partial charge in [0.15, 0.2) is 11.5 Å². The van der Waals surface area contributed by atoms with Crippen LogP contribution in [0.15, 0.2) is 12.1 Å². The molecule has 0 saturated heterocycles. The molecule has 1 aromatic carbocycles. The van der Waals surface area contributed by atoms with Crippen molar-refractivity contribution >= 4 is 17.5 Å². The van der Waals surface area contributed by atoms with Gasteiger partial charge in [-0.3, -0.25) is 9.59 Å². The molecule has 0 heterocycles. The molecule has 0 radical (unpaired) electrons. The molecule has 0 unspecified atom stereocenters. The number of hydrogen-bond donors (Lipinski definition) is 3. The van der Waals surface area contributed by atoms with E-state index in [1.807, 2.05) is 0 Å². The molecule has 7 nitrogen and oxygen atoms in total. The van der Waals surface area contributed by atoms with Crippen molar-refractivity contribution in [3.63, 3.8) is 0 Å². The lowest BCUT2D eigenvalue weighted by Crippen LogP contribution is -2.37. The lowest BCUT2D eigenvalue weighted by atomic mass is 10.1. The van der Waals surface area contributed by atoms with E-state index < -0.39 is 5.91 Å². The van der Waals surface area contributed by atoms with E-state index in [0.29, 0.717) is 18.0 Å². The molecule has 2 amide bonds. The van der Waals surface area contributed by atoms with E-state index in [0.717, 1.165) is 0 Å². The molecule has 0 spiro atoms. The first kappa shape index (κ1) is 15.6.